The van der Waals surface area contributed by atoms with E-state index in [2.05, 4.69) is 11.1 Å². The van der Waals surface area contributed by atoms with E-state index < -0.39 is 5.41 Å². The summed E-state index contributed by atoms with van der Waals surface area (Å²) in [4.78, 5) is 14.7. The zero-order valence-electron chi connectivity index (χ0n) is 7.42. The molecule has 2 aliphatic heterocycles. The molecule has 0 fully saturated rings. The van der Waals surface area contributed by atoms with Gasteiger partial charge in [-0.15, -0.1) is 0 Å². The van der Waals surface area contributed by atoms with Crippen LogP contribution in [0.4, 0.5) is 0 Å². The monoisotopic (exact) mass is 176 g/mol. The van der Waals surface area contributed by atoms with Gasteiger partial charge in [-0.25, -0.2) is 0 Å². The summed E-state index contributed by atoms with van der Waals surface area (Å²) >= 11 is 0. The summed E-state index contributed by atoms with van der Waals surface area (Å²) in [6.07, 6.45) is 0.127. The van der Waals surface area contributed by atoms with E-state index in [9.17, 15) is 4.79 Å². The molecule has 2 aliphatic rings. The van der Waals surface area contributed by atoms with E-state index in [-0.39, 0.29) is 18.2 Å². The second kappa shape index (κ2) is 2.19. The van der Waals surface area contributed by atoms with Gasteiger partial charge in [0.05, 0.1) is 12.5 Å². The number of fused-ring (bicyclic) bond motifs is 1. The van der Waals surface area contributed by atoms with Crippen LogP contribution in [0.25, 0.3) is 0 Å². The van der Waals surface area contributed by atoms with E-state index in [1.165, 1.54) is 0 Å². The summed E-state index contributed by atoms with van der Waals surface area (Å²) in [5, 5.41) is 9.04. The SMILES string of the molecule is CC1=C(C)[C@@]2(C#N)CC(=O)N=C2O1. The van der Waals surface area contributed by atoms with E-state index >= 15 is 0 Å². The number of nitrogens with zero attached hydrogens (tertiary/aromatic N) is 2. The molecule has 0 aromatic heterocycles. The summed E-state index contributed by atoms with van der Waals surface area (Å²) < 4.78 is 5.25. The number of rotatable bonds is 0. The van der Waals surface area contributed by atoms with Gasteiger partial charge in [0, 0.05) is 0 Å². The Morgan fingerprint density at radius 1 is 1.62 bits per heavy atom. The molecule has 0 saturated carbocycles. The average molecular weight is 176 g/mol. The summed E-state index contributed by atoms with van der Waals surface area (Å²) in [5.41, 5.74) is -0.0825. The molecule has 0 bridgehead atoms. The van der Waals surface area contributed by atoms with Crippen LogP contribution in [-0.4, -0.2) is 11.8 Å². The van der Waals surface area contributed by atoms with Gasteiger partial charge in [-0.3, -0.25) is 4.79 Å². The van der Waals surface area contributed by atoms with Crippen LogP contribution in [0, 0.1) is 16.7 Å². The van der Waals surface area contributed by atoms with Crippen molar-refractivity contribution in [1.82, 2.24) is 0 Å². The predicted molar refractivity (Wildman–Crippen MR) is 44.6 cm³/mol. The van der Waals surface area contributed by atoms with Crippen molar-refractivity contribution in [3.8, 4) is 6.07 Å². The molecule has 0 N–H and O–H groups in total. The Morgan fingerprint density at radius 2 is 2.31 bits per heavy atom. The van der Waals surface area contributed by atoms with Crippen LogP contribution in [0.15, 0.2) is 16.3 Å². The minimum atomic E-state index is -0.888. The summed E-state index contributed by atoms with van der Waals surface area (Å²) in [6.45, 7) is 3.58. The molecule has 66 valence electrons. The predicted octanol–water partition coefficient (Wildman–Crippen LogP) is 1.15. The third kappa shape index (κ3) is 0.788. The molecule has 0 spiro atoms. The largest absolute Gasteiger partial charge is 0.445 e. The number of ether oxygens (including phenoxy) is 1. The lowest BCUT2D eigenvalue weighted by molar-refractivity contribution is -0.117. The summed E-state index contributed by atoms with van der Waals surface area (Å²) in [5.74, 6) is 0.672. The van der Waals surface area contributed by atoms with Crippen LogP contribution in [0.2, 0.25) is 0 Å². The average Bonchev–Trinajstić information content (AvgIpc) is 2.50. The van der Waals surface area contributed by atoms with Gasteiger partial charge in [0.2, 0.25) is 5.90 Å². The lowest BCUT2D eigenvalue weighted by Gasteiger charge is -2.12. The first-order chi connectivity index (χ1) is 6.10. The fraction of sp³-hybridized carbons (Fsp3) is 0.444. The standard InChI is InChI=1S/C9H8N2O2/c1-5-6(2)13-8-9(5,4-10)3-7(12)11-8/h3H2,1-2H3/t9-/m0/s1. The number of hydrogen-bond donors (Lipinski definition) is 0. The maximum atomic E-state index is 11.0. The smallest absolute Gasteiger partial charge is 0.251 e. The topological polar surface area (TPSA) is 62.5 Å². The van der Waals surface area contributed by atoms with E-state index in [1.54, 1.807) is 13.8 Å². The zero-order valence-corrected chi connectivity index (χ0v) is 7.42. The van der Waals surface area contributed by atoms with Crippen LogP contribution >= 0.6 is 0 Å². The molecular formula is C9H8N2O2. The first-order valence-electron chi connectivity index (χ1n) is 3.99. The van der Waals surface area contributed by atoms with Gasteiger partial charge in [0.15, 0.2) is 5.41 Å². The van der Waals surface area contributed by atoms with E-state index in [0.29, 0.717) is 5.76 Å². The molecule has 4 heteroatoms. The Labute approximate surface area is 75.5 Å². The number of amides is 1. The first kappa shape index (κ1) is 7.99. The molecule has 0 aliphatic carbocycles. The van der Waals surface area contributed by atoms with Crippen LogP contribution in [0.1, 0.15) is 20.3 Å². The van der Waals surface area contributed by atoms with Crippen molar-refractivity contribution in [2.45, 2.75) is 20.3 Å². The van der Waals surface area contributed by atoms with Gasteiger partial charge in [0.25, 0.3) is 5.91 Å². The minimum absolute atomic E-state index is 0.127. The highest BCUT2D eigenvalue weighted by atomic mass is 16.5. The third-order valence-corrected chi connectivity index (χ3v) is 2.62. The van der Waals surface area contributed by atoms with Crippen LogP contribution < -0.4 is 0 Å². The van der Waals surface area contributed by atoms with Crippen molar-refractivity contribution in [3.05, 3.63) is 11.3 Å². The quantitative estimate of drug-likeness (QED) is 0.556. The molecule has 0 saturated heterocycles. The van der Waals surface area contributed by atoms with E-state index in [4.69, 9.17) is 10.00 Å². The van der Waals surface area contributed by atoms with Crippen LogP contribution in [0.3, 0.4) is 0 Å². The molecular weight excluding hydrogens is 168 g/mol. The van der Waals surface area contributed by atoms with Gasteiger partial charge in [0.1, 0.15) is 5.76 Å². The summed E-state index contributed by atoms with van der Waals surface area (Å²) in [7, 11) is 0. The normalized spacial score (nSPS) is 31.2. The van der Waals surface area contributed by atoms with Crippen LogP contribution in [-0.2, 0) is 9.53 Å². The Hall–Kier alpha value is -1.63. The number of hydrogen-bond acceptors (Lipinski definition) is 3. The molecule has 1 amide bonds. The maximum absolute atomic E-state index is 11.0. The number of carbonyl (C=O) groups excluding carboxylic acids is 1. The van der Waals surface area contributed by atoms with Crippen molar-refractivity contribution in [2.24, 2.45) is 10.4 Å². The molecule has 0 aromatic rings. The second-order valence-electron chi connectivity index (χ2n) is 3.29. The minimum Gasteiger partial charge on any atom is -0.445 e. The van der Waals surface area contributed by atoms with Crippen molar-refractivity contribution in [2.75, 3.05) is 0 Å². The number of aliphatic imine (C=N–C) groups is 1. The van der Waals surface area contributed by atoms with Gasteiger partial charge < -0.3 is 4.74 Å². The highest BCUT2D eigenvalue weighted by Crippen LogP contribution is 2.44. The molecule has 2 heterocycles. The molecule has 13 heavy (non-hydrogen) atoms. The Morgan fingerprint density at radius 3 is 2.85 bits per heavy atom. The molecule has 4 nitrogen and oxygen atoms in total. The Bertz CT molecular complexity index is 400. The highest BCUT2D eigenvalue weighted by Gasteiger charge is 2.52. The Kier molecular flexibility index (Phi) is 1.35. The fourth-order valence-corrected chi connectivity index (χ4v) is 1.65. The number of carbonyl (C=O) groups is 1. The molecule has 1 atom stereocenters. The highest BCUT2D eigenvalue weighted by molar-refractivity contribution is 6.07. The number of nitriles is 1. The van der Waals surface area contributed by atoms with E-state index in [0.717, 1.165) is 5.57 Å². The lowest BCUT2D eigenvalue weighted by atomic mass is 9.81. The van der Waals surface area contributed by atoms with Gasteiger partial charge in [-0.2, -0.15) is 10.3 Å². The second-order valence-corrected chi connectivity index (χ2v) is 3.29. The fourth-order valence-electron chi connectivity index (χ4n) is 1.65. The van der Waals surface area contributed by atoms with Crippen molar-refractivity contribution in [1.29, 1.82) is 5.26 Å². The first-order valence-corrected chi connectivity index (χ1v) is 3.99. The van der Waals surface area contributed by atoms with Crippen LogP contribution in [0.5, 0.6) is 0 Å². The van der Waals surface area contributed by atoms with Gasteiger partial charge >= 0.3 is 0 Å². The van der Waals surface area contributed by atoms with E-state index in [1.807, 2.05) is 0 Å². The number of allylic oxidation sites excluding steroid dienone is 1. The molecule has 0 unspecified atom stereocenters. The molecule has 2 rings (SSSR count). The molecule has 0 radical (unpaired) electrons. The van der Waals surface area contributed by atoms with Crippen molar-refractivity contribution < 1.29 is 9.53 Å². The third-order valence-electron chi connectivity index (χ3n) is 2.62. The lowest BCUT2D eigenvalue weighted by Crippen LogP contribution is -2.23. The van der Waals surface area contributed by atoms with Gasteiger partial charge in [-0.1, -0.05) is 0 Å². The maximum Gasteiger partial charge on any atom is 0.251 e. The van der Waals surface area contributed by atoms with Crippen molar-refractivity contribution >= 4 is 11.8 Å². The Balaban J connectivity index is 2.58. The zero-order chi connectivity index (χ0) is 9.64. The molecule has 0 aromatic carbocycles. The van der Waals surface area contributed by atoms with Crippen molar-refractivity contribution in [3.63, 3.8) is 0 Å². The summed E-state index contributed by atoms with van der Waals surface area (Å²) in [6, 6.07) is 2.12. The van der Waals surface area contributed by atoms with Gasteiger partial charge in [-0.05, 0) is 19.4 Å².